The number of ether oxygens (including phenoxy) is 2. The second-order valence-corrected chi connectivity index (χ2v) is 4.91. The van der Waals surface area contributed by atoms with Gasteiger partial charge in [0.2, 0.25) is 0 Å². The Morgan fingerprint density at radius 2 is 1.76 bits per heavy atom. The Balaban J connectivity index is 2.33. The van der Waals surface area contributed by atoms with Crippen molar-refractivity contribution in [2.75, 3.05) is 0 Å². The summed E-state index contributed by atoms with van der Waals surface area (Å²) in [6.45, 7) is 2.70. The maximum atomic E-state index is 13.5. The van der Waals surface area contributed by atoms with Crippen molar-refractivity contribution in [1.82, 2.24) is 0 Å². The average molecular weight is 298 g/mol. The molecule has 0 unspecified atom stereocenters. The number of halogens is 2. The lowest BCUT2D eigenvalue weighted by atomic mass is 10.1. The molecule has 21 heavy (non-hydrogen) atoms. The number of esters is 2. The normalized spacial score (nSPS) is 17.2. The Labute approximate surface area is 118 Å². The van der Waals surface area contributed by atoms with Crippen molar-refractivity contribution in [3.05, 3.63) is 46.7 Å². The summed E-state index contributed by atoms with van der Waals surface area (Å²) >= 11 is 0. The summed E-state index contributed by atoms with van der Waals surface area (Å²) in [6, 6.07) is 2.65. The van der Waals surface area contributed by atoms with Gasteiger partial charge in [-0.05, 0) is 23.8 Å². The van der Waals surface area contributed by atoms with Crippen LogP contribution < -0.4 is 0 Å². The molecule has 0 amide bonds. The Bertz CT molecular complexity index is 627. The first-order valence-corrected chi connectivity index (χ1v) is 6.02. The summed E-state index contributed by atoms with van der Waals surface area (Å²) < 4.78 is 36.1. The number of hydrogen-bond donors (Lipinski definition) is 1. The maximum Gasteiger partial charge on any atom is 0.352 e. The van der Waals surface area contributed by atoms with Gasteiger partial charge >= 0.3 is 11.9 Å². The molecule has 1 aromatic rings. The third-order valence-corrected chi connectivity index (χ3v) is 2.74. The van der Waals surface area contributed by atoms with E-state index in [2.05, 4.69) is 0 Å². The Kier molecular flexibility index (Phi) is 3.67. The molecule has 0 aliphatic carbocycles. The van der Waals surface area contributed by atoms with Crippen LogP contribution in [0.5, 0.6) is 0 Å². The van der Waals surface area contributed by atoms with Crippen LogP contribution in [0.2, 0.25) is 0 Å². The number of benzene rings is 1. The summed E-state index contributed by atoms with van der Waals surface area (Å²) in [5, 5.41) is 9.84. The molecule has 7 heteroatoms. The first-order valence-electron chi connectivity index (χ1n) is 6.02. The van der Waals surface area contributed by atoms with Crippen LogP contribution in [0.1, 0.15) is 19.4 Å². The van der Waals surface area contributed by atoms with Gasteiger partial charge in [-0.25, -0.2) is 18.4 Å². The zero-order valence-corrected chi connectivity index (χ0v) is 11.3. The number of carbonyl (C=O) groups is 2. The summed E-state index contributed by atoms with van der Waals surface area (Å²) in [4.78, 5) is 23.4. The molecule has 1 heterocycles. The third kappa shape index (κ3) is 3.18. The summed E-state index contributed by atoms with van der Waals surface area (Å²) in [5.74, 6) is -5.83. The van der Waals surface area contributed by atoms with Crippen molar-refractivity contribution in [2.45, 2.75) is 26.1 Å². The minimum Gasteiger partial charge on any atom is -0.511 e. The van der Waals surface area contributed by atoms with Crippen LogP contribution in [0.25, 0.3) is 0 Å². The van der Waals surface area contributed by atoms with Crippen molar-refractivity contribution in [1.29, 1.82) is 0 Å². The minimum absolute atomic E-state index is 0.203. The molecular weight excluding hydrogens is 286 g/mol. The number of carbonyl (C=O) groups excluding carboxylic acids is 2. The predicted octanol–water partition coefficient (Wildman–Crippen LogP) is 2.16. The highest BCUT2D eigenvalue weighted by molar-refractivity contribution is 6.15. The average Bonchev–Trinajstić information content (AvgIpc) is 2.31. The zero-order chi connectivity index (χ0) is 15.8. The van der Waals surface area contributed by atoms with Gasteiger partial charge in [0.15, 0.2) is 5.57 Å². The smallest absolute Gasteiger partial charge is 0.352 e. The quantitative estimate of drug-likeness (QED) is 0.392. The van der Waals surface area contributed by atoms with Crippen LogP contribution in [-0.4, -0.2) is 22.8 Å². The highest BCUT2D eigenvalue weighted by Crippen LogP contribution is 2.25. The minimum atomic E-state index is -1.44. The molecular formula is C14H12F2O5. The largest absolute Gasteiger partial charge is 0.511 e. The van der Waals surface area contributed by atoms with E-state index in [-0.39, 0.29) is 5.56 Å². The van der Waals surface area contributed by atoms with Gasteiger partial charge in [-0.1, -0.05) is 0 Å². The highest BCUT2D eigenvalue weighted by Gasteiger charge is 2.41. The summed E-state index contributed by atoms with van der Waals surface area (Å²) in [5.41, 5.74) is -0.927. The van der Waals surface area contributed by atoms with E-state index >= 15 is 0 Å². The second-order valence-electron chi connectivity index (χ2n) is 4.91. The predicted molar refractivity (Wildman–Crippen MR) is 66.0 cm³/mol. The van der Waals surface area contributed by atoms with Gasteiger partial charge < -0.3 is 14.6 Å². The number of rotatable bonds is 2. The summed E-state index contributed by atoms with van der Waals surface area (Å²) in [6.07, 6.45) is -0.538. The van der Waals surface area contributed by atoms with Crippen LogP contribution in [0, 0.1) is 11.6 Å². The SMILES string of the molecule is CC1(C)OC(=O)C(=C(O)Cc2cc(F)ccc2F)C(=O)O1. The fourth-order valence-electron chi connectivity index (χ4n) is 1.84. The fraction of sp³-hybridized carbons (Fsp3) is 0.286. The molecule has 0 spiro atoms. The lowest BCUT2D eigenvalue weighted by Gasteiger charge is -2.30. The highest BCUT2D eigenvalue weighted by atomic mass is 19.1. The second kappa shape index (κ2) is 5.16. The van der Waals surface area contributed by atoms with Crippen molar-refractivity contribution in [3.63, 3.8) is 0 Å². The van der Waals surface area contributed by atoms with E-state index < -0.39 is 47.1 Å². The fourth-order valence-corrected chi connectivity index (χ4v) is 1.84. The molecule has 1 aliphatic heterocycles. The van der Waals surface area contributed by atoms with E-state index in [1.54, 1.807) is 0 Å². The molecule has 1 fully saturated rings. The van der Waals surface area contributed by atoms with E-state index in [0.29, 0.717) is 0 Å². The Morgan fingerprint density at radius 3 is 2.33 bits per heavy atom. The lowest BCUT2D eigenvalue weighted by Crippen LogP contribution is -2.42. The molecule has 5 nitrogen and oxygen atoms in total. The maximum absolute atomic E-state index is 13.5. The molecule has 0 aromatic heterocycles. The molecule has 1 aromatic carbocycles. The monoisotopic (exact) mass is 298 g/mol. The number of aliphatic hydroxyl groups excluding tert-OH is 1. The lowest BCUT2D eigenvalue weighted by molar-refractivity contribution is -0.222. The van der Waals surface area contributed by atoms with E-state index in [4.69, 9.17) is 9.47 Å². The molecule has 2 rings (SSSR count). The number of aliphatic hydroxyl groups is 1. The summed E-state index contributed by atoms with van der Waals surface area (Å²) in [7, 11) is 0. The van der Waals surface area contributed by atoms with Crippen LogP contribution in [0.4, 0.5) is 8.78 Å². The van der Waals surface area contributed by atoms with Gasteiger partial charge in [0.05, 0.1) is 0 Å². The van der Waals surface area contributed by atoms with Crippen molar-refractivity contribution >= 4 is 11.9 Å². The van der Waals surface area contributed by atoms with Gasteiger partial charge in [0.25, 0.3) is 5.79 Å². The third-order valence-electron chi connectivity index (χ3n) is 2.74. The Hall–Kier alpha value is -2.44. The molecule has 1 N–H and O–H groups in total. The first-order chi connectivity index (χ1) is 9.69. The van der Waals surface area contributed by atoms with E-state index in [9.17, 15) is 23.5 Å². The van der Waals surface area contributed by atoms with Gasteiger partial charge in [-0.3, -0.25) is 0 Å². The first kappa shape index (κ1) is 15.0. The van der Waals surface area contributed by atoms with Gasteiger partial charge in [0, 0.05) is 20.3 Å². The molecule has 1 aliphatic rings. The van der Waals surface area contributed by atoms with Gasteiger partial charge in [-0.2, -0.15) is 0 Å². The zero-order valence-electron chi connectivity index (χ0n) is 11.3. The van der Waals surface area contributed by atoms with Crippen molar-refractivity contribution in [2.24, 2.45) is 0 Å². The molecule has 0 radical (unpaired) electrons. The Morgan fingerprint density at radius 1 is 1.19 bits per heavy atom. The van der Waals surface area contributed by atoms with E-state index in [1.165, 1.54) is 13.8 Å². The van der Waals surface area contributed by atoms with Crippen molar-refractivity contribution in [3.8, 4) is 0 Å². The molecule has 0 bridgehead atoms. The van der Waals surface area contributed by atoms with E-state index in [0.717, 1.165) is 18.2 Å². The number of allylic oxidation sites excluding steroid dienone is 1. The topological polar surface area (TPSA) is 72.8 Å². The van der Waals surface area contributed by atoms with Crippen LogP contribution in [0.15, 0.2) is 29.5 Å². The van der Waals surface area contributed by atoms with Crippen LogP contribution in [0.3, 0.4) is 0 Å². The number of cyclic esters (lactones) is 2. The van der Waals surface area contributed by atoms with Gasteiger partial charge in [-0.15, -0.1) is 0 Å². The molecule has 0 atom stereocenters. The number of hydrogen-bond acceptors (Lipinski definition) is 5. The van der Waals surface area contributed by atoms with Crippen LogP contribution in [-0.2, 0) is 25.5 Å². The molecule has 1 saturated heterocycles. The van der Waals surface area contributed by atoms with E-state index in [1.807, 2.05) is 0 Å². The standard InChI is InChI=1S/C14H12F2O5/c1-14(2)20-12(18)11(13(19)21-14)10(17)6-7-5-8(15)3-4-9(7)16/h3-5,17H,6H2,1-2H3. The molecule has 112 valence electrons. The van der Waals surface area contributed by atoms with Gasteiger partial charge in [0.1, 0.15) is 17.4 Å². The van der Waals surface area contributed by atoms with Crippen LogP contribution >= 0.6 is 0 Å². The molecule has 0 saturated carbocycles. The van der Waals surface area contributed by atoms with Crippen molar-refractivity contribution < 1.29 is 33.0 Å².